The number of hydrogen-bond acceptors (Lipinski definition) is 5. The first kappa shape index (κ1) is 22.2. The number of hydrogen-bond donors (Lipinski definition) is 2. The highest BCUT2D eigenvalue weighted by Gasteiger charge is 2.36. The number of carbonyl (C=O) groups is 2. The summed E-state index contributed by atoms with van der Waals surface area (Å²) in [6.45, 7) is 1.79. The van der Waals surface area contributed by atoms with Gasteiger partial charge in [0.15, 0.2) is 0 Å². The van der Waals surface area contributed by atoms with Crippen molar-refractivity contribution in [1.82, 2.24) is 10.3 Å². The van der Waals surface area contributed by atoms with E-state index in [0.29, 0.717) is 28.5 Å². The molecule has 7 nitrogen and oxygen atoms in total. The van der Waals surface area contributed by atoms with Crippen molar-refractivity contribution in [3.63, 3.8) is 0 Å². The Hall–Kier alpha value is -3.58. The molecular weight excluding hydrogens is 452 g/mol. The molecule has 1 aliphatic carbocycles. The van der Waals surface area contributed by atoms with Crippen LogP contribution in [0.3, 0.4) is 0 Å². The van der Waals surface area contributed by atoms with Crippen molar-refractivity contribution in [2.45, 2.75) is 44.3 Å². The predicted octanol–water partition coefficient (Wildman–Crippen LogP) is 5.00. The zero-order valence-electron chi connectivity index (χ0n) is 18.7. The molecule has 8 heteroatoms. The van der Waals surface area contributed by atoms with E-state index in [-0.39, 0.29) is 23.9 Å². The first-order valence-corrected chi connectivity index (χ1v) is 11.7. The zero-order chi connectivity index (χ0) is 23.7. The molecule has 3 aromatic rings. The van der Waals surface area contributed by atoms with Gasteiger partial charge in [0.25, 0.3) is 11.8 Å². The van der Waals surface area contributed by atoms with Crippen LogP contribution in [0.5, 0.6) is 0 Å². The minimum atomic E-state index is -0.576. The summed E-state index contributed by atoms with van der Waals surface area (Å²) in [7, 11) is 0. The van der Waals surface area contributed by atoms with Gasteiger partial charge in [-0.25, -0.2) is 5.01 Å². The lowest BCUT2D eigenvalue weighted by atomic mass is 10.0. The average Bonchev–Trinajstić information content (AvgIpc) is 3.31. The van der Waals surface area contributed by atoms with Crippen molar-refractivity contribution < 1.29 is 14.0 Å². The number of amides is 2. The van der Waals surface area contributed by atoms with Crippen LogP contribution < -0.4 is 10.6 Å². The lowest BCUT2D eigenvalue weighted by Gasteiger charge is -2.24. The zero-order valence-corrected chi connectivity index (χ0v) is 19.5. The molecule has 34 heavy (non-hydrogen) atoms. The second-order valence-corrected chi connectivity index (χ2v) is 9.10. The third-order valence-corrected chi connectivity index (χ3v) is 6.23. The van der Waals surface area contributed by atoms with Crippen molar-refractivity contribution in [3.05, 3.63) is 88.8 Å². The van der Waals surface area contributed by atoms with Crippen LogP contribution >= 0.6 is 11.6 Å². The van der Waals surface area contributed by atoms with E-state index in [0.717, 1.165) is 24.1 Å². The molecule has 174 valence electrons. The lowest BCUT2D eigenvalue weighted by molar-refractivity contribution is -0.133. The fourth-order valence-corrected chi connectivity index (χ4v) is 4.12. The Morgan fingerprint density at radius 3 is 2.62 bits per heavy atom. The van der Waals surface area contributed by atoms with E-state index in [1.165, 1.54) is 5.01 Å². The highest BCUT2D eigenvalue weighted by molar-refractivity contribution is 6.30. The molecule has 2 aliphatic rings. The second-order valence-electron chi connectivity index (χ2n) is 8.67. The van der Waals surface area contributed by atoms with Gasteiger partial charge in [0, 0.05) is 28.7 Å². The van der Waals surface area contributed by atoms with Crippen LogP contribution in [0.25, 0.3) is 0 Å². The van der Waals surface area contributed by atoms with Crippen molar-refractivity contribution >= 4 is 34.8 Å². The molecule has 2 atom stereocenters. The lowest BCUT2D eigenvalue weighted by Crippen LogP contribution is -2.38. The number of halogens is 1. The third-order valence-electron chi connectivity index (χ3n) is 5.98. The van der Waals surface area contributed by atoms with Gasteiger partial charge >= 0.3 is 0 Å². The van der Waals surface area contributed by atoms with Crippen LogP contribution in [0, 0.1) is 0 Å². The van der Waals surface area contributed by atoms with Crippen molar-refractivity contribution in [2.75, 3.05) is 5.32 Å². The molecule has 0 bridgehead atoms. The fraction of sp³-hybridized carbons (Fsp3) is 0.269. The maximum Gasteiger partial charge on any atom is 0.265 e. The highest BCUT2D eigenvalue weighted by Crippen LogP contribution is 2.34. The standard InChI is InChI=1S/C26H25ClN4O3/c1-16(28-21-5-2-4-18(14-21)25(32)29-20-11-12-20)26(33)31-23(24-6-3-13-34-24)15-22(30-31)17-7-9-19(27)10-8-17/h2-10,13-14,16,20,23,28H,11-12,15H2,1H3,(H,29,32)/t16-,23-/m1/s1. The summed E-state index contributed by atoms with van der Waals surface area (Å²) in [6, 6.07) is 17.6. The Kier molecular flexibility index (Phi) is 6.11. The SMILES string of the molecule is C[C@@H](Nc1cccc(C(=O)NC2CC2)c1)C(=O)N1N=C(c2ccc(Cl)cc2)C[C@@H]1c1ccco1. The van der Waals surface area contributed by atoms with Crippen molar-refractivity contribution in [1.29, 1.82) is 0 Å². The monoisotopic (exact) mass is 476 g/mol. The normalized spacial score (nSPS) is 18.4. The van der Waals surface area contributed by atoms with Gasteiger partial charge in [0.1, 0.15) is 17.8 Å². The molecule has 2 aromatic carbocycles. The van der Waals surface area contributed by atoms with E-state index in [9.17, 15) is 9.59 Å². The second kappa shape index (κ2) is 9.35. The van der Waals surface area contributed by atoms with E-state index in [1.807, 2.05) is 36.4 Å². The highest BCUT2D eigenvalue weighted by atomic mass is 35.5. The van der Waals surface area contributed by atoms with Gasteiger partial charge in [0.05, 0.1) is 12.0 Å². The van der Waals surface area contributed by atoms with Crippen molar-refractivity contribution in [3.8, 4) is 0 Å². The Morgan fingerprint density at radius 2 is 1.91 bits per heavy atom. The maximum absolute atomic E-state index is 13.5. The van der Waals surface area contributed by atoms with Crippen LogP contribution in [0.15, 0.2) is 76.4 Å². The molecule has 1 saturated carbocycles. The molecule has 1 aliphatic heterocycles. The van der Waals surface area contributed by atoms with E-state index in [1.54, 1.807) is 37.5 Å². The van der Waals surface area contributed by atoms with Gasteiger partial charge in [-0.05, 0) is 67.8 Å². The predicted molar refractivity (Wildman–Crippen MR) is 131 cm³/mol. The molecule has 2 N–H and O–H groups in total. The molecule has 0 radical (unpaired) electrons. The van der Waals surface area contributed by atoms with Crippen LogP contribution in [0.2, 0.25) is 5.02 Å². The molecule has 1 aromatic heterocycles. The first-order chi connectivity index (χ1) is 16.5. The molecule has 5 rings (SSSR count). The van der Waals surface area contributed by atoms with Gasteiger partial charge in [-0.15, -0.1) is 0 Å². The van der Waals surface area contributed by atoms with Gasteiger partial charge in [0.2, 0.25) is 0 Å². The van der Waals surface area contributed by atoms with Gasteiger partial charge < -0.3 is 15.1 Å². The van der Waals surface area contributed by atoms with Crippen molar-refractivity contribution in [2.24, 2.45) is 5.10 Å². The fourth-order valence-electron chi connectivity index (χ4n) is 3.99. The van der Waals surface area contributed by atoms with E-state index in [4.69, 9.17) is 16.0 Å². The largest absolute Gasteiger partial charge is 0.467 e. The molecular formula is C26H25ClN4O3. The summed E-state index contributed by atoms with van der Waals surface area (Å²) in [5.41, 5.74) is 2.96. The topological polar surface area (TPSA) is 86.9 Å². The van der Waals surface area contributed by atoms with Crippen LogP contribution in [0.1, 0.15) is 53.9 Å². The number of anilines is 1. The number of carbonyl (C=O) groups excluding carboxylic acids is 2. The number of hydrazone groups is 1. The molecule has 2 amide bonds. The number of nitrogens with zero attached hydrogens (tertiary/aromatic N) is 2. The third kappa shape index (κ3) is 4.84. The Bertz CT molecular complexity index is 1220. The van der Waals surface area contributed by atoms with Gasteiger partial charge in [-0.2, -0.15) is 5.10 Å². The molecule has 2 heterocycles. The smallest absolute Gasteiger partial charge is 0.265 e. The van der Waals surface area contributed by atoms with Crippen LogP contribution in [-0.2, 0) is 4.79 Å². The molecule has 0 unspecified atom stereocenters. The number of furan rings is 1. The minimum absolute atomic E-state index is 0.0974. The number of rotatable bonds is 7. The maximum atomic E-state index is 13.5. The summed E-state index contributed by atoms with van der Waals surface area (Å²) in [5.74, 6) is 0.380. The average molecular weight is 477 g/mol. The first-order valence-electron chi connectivity index (χ1n) is 11.4. The summed E-state index contributed by atoms with van der Waals surface area (Å²) in [6.07, 6.45) is 4.18. The summed E-state index contributed by atoms with van der Waals surface area (Å²) >= 11 is 6.03. The van der Waals surface area contributed by atoms with E-state index < -0.39 is 6.04 Å². The summed E-state index contributed by atoms with van der Waals surface area (Å²) < 4.78 is 5.62. The Morgan fingerprint density at radius 1 is 1.12 bits per heavy atom. The van der Waals surface area contributed by atoms with Gasteiger partial charge in [-0.3, -0.25) is 9.59 Å². The van der Waals surface area contributed by atoms with E-state index >= 15 is 0 Å². The minimum Gasteiger partial charge on any atom is -0.467 e. The quantitative estimate of drug-likeness (QED) is 0.502. The molecule has 0 saturated heterocycles. The Balaban J connectivity index is 1.34. The summed E-state index contributed by atoms with van der Waals surface area (Å²) in [4.78, 5) is 25.9. The molecule has 1 fully saturated rings. The van der Waals surface area contributed by atoms with Crippen LogP contribution in [-0.4, -0.2) is 34.6 Å². The number of nitrogens with one attached hydrogen (secondary N) is 2. The van der Waals surface area contributed by atoms with Gasteiger partial charge in [-0.1, -0.05) is 29.8 Å². The molecule has 0 spiro atoms. The summed E-state index contributed by atoms with van der Waals surface area (Å²) in [5, 5.41) is 13.0. The Labute approximate surface area is 202 Å². The van der Waals surface area contributed by atoms with Crippen LogP contribution in [0.4, 0.5) is 5.69 Å². The van der Waals surface area contributed by atoms with E-state index in [2.05, 4.69) is 15.7 Å². The number of benzene rings is 2.